The standard InChI is InChI=1S/C24H32FN3O3/c25-20-16-19(27-12-2-1-4-22(27)29)5-6-21(20)26-11-3-9-24(17-26)10-13-28(23(24)30)18-7-14-31-15-8-18/h5-6,16,18H,1-4,7-15,17H2/t24-/m1/s1. The van der Waals surface area contributed by atoms with E-state index in [1.54, 1.807) is 11.0 Å². The first-order chi connectivity index (χ1) is 15.1. The monoisotopic (exact) mass is 429 g/mol. The minimum atomic E-state index is -0.398. The largest absolute Gasteiger partial charge is 0.381 e. The number of anilines is 2. The average molecular weight is 430 g/mol. The van der Waals surface area contributed by atoms with Gasteiger partial charge in [0.15, 0.2) is 0 Å². The van der Waals surface area contributed by atoms with Crippen molar-refractivity contribution in [3.63, 3.8) is 0 Å². The van der Waals surface area contributed by atoms with Crippen molar-refractivity contribution in [2.45, 2.75) is 57.4 Å². The maximum absolute atomic E-state index is 15.2. The van der Waals surface area contributed by atoms with Gasteiger partial charge in [-0.25, -0.2) is 4.39 Å². The highest BCUT2D eigenvalue weighted by Crippen LogP contribution is 2.43. The number of amides is 2. The Balaban J connectivity index is 1.32. The van der Waals surface area contributed by atoms with E-state index < -0.39 is 5.41 Å². The molecule has 4 aliphatic heterocycles. The van der Waals surface area contributed by atoms with Gasteiger partial charge in [-0.3, -0.25) is 9.59 Å². The van der Waals surface area contributed by atoms with E-state index in [4.69, 9.17) is 4.74 Å². The number of carbonyl (C=O) groups excluding carboxylic acids is 2. The number of rotatable bonds is 3. The summed E-state index contributed by atoms with van der Waals surface area (Å²) in [5.41, 5.74) is 0.787. The molecule has 0 aromatic heterocycles. The summed E-state index contributed by atoms with van der Waals surface area (Å²) >= 11 is 0. The fourth-order valence-corrected chi connectivity index (χ4v) is 5.91. The molecular weight excluding hydrogens is 397 g/mol. The van der Waals surface area contributed by atoms with Crippen LogP contribution in [0.2, 0.25) is 0 Å². The molecule has 168 valence electrons. The lowest BCUT2D eigenvalue weighted by Crippen LogP contribution is -2.50. The summed E-state index contributed by atoms with van der Waals surface area (Å²) in [6.07, 6.45) is 6.84. The van der Waals surface area contributed by atoms with Gasteiger partial charge in [0.2, 0.25) is 11.8 Å². The Labute approximate surface area is 183 Å². The normalized spacial score (nSPS) is 28.1. The fraction of sp³-hybridized carbons (Fsp3) is 0.667. The molecule has 5 rings (SSSR count). The Morgan fingerprint density at radius 1 is 1.00 bits per heavy atom. The molecule has 4 aliphatic rings. The summed E-state index contributed by atoms with van der Waals surface area (Å²) in [6, 6.07) is 5.42. The van der Waals surface area contributed by atoms with E-state index in [0.29, 0.717) is 30.9 Å². The summed E-state index contributed by atoms with van der Waals surface area (Å²) in [7, 11) is 0. The zero-order valence-electron chi connectivity index (χ0n) is 18.2. The van der Waals surface area contributed by atoms with Gasteiger partial charge in [-0.2, -0.15) is 0 Å². The lowest BCUT2D eigenvalue weighted by atomic mass is 9.78. The van der Waals surface area contributed by atoms with E-state index in [0.717, 1.165) is 71.2 Å². The Kier molecular flexibility index (Phi) is 5.63. The molecule has 6 nitrogen and oxygen atoms in total. The van der Waals surface area contributed by atoms with Gasteiger partial charge in [0.05, 0.1) is 11.1 Å². The molecular formula is C24H32FN3O3. The molecule has 4 fully saturated rings. The van der Waals surface area contributed by atoms with Crippen molar-refractivity contribution in [2.24, 2.45) is 5.41 Å². The Bertz CT molecular complexity index is 856. The highest BCUT2D eigenvalue weighted by Gasteiger charge is 2.50. The van der Waals surface area contributed by atoms with Gasteiger partial charge in [0.1, 0.15) is 5.82 Å². The van der Waals surface area contributed by atoms with Gasteiger partial charge in [0.25, 0.3) is 0 Å². The number of halogens is 1. The van der Waals surface area contributed by atoms with Gasteiger partial charge < -0.3 is 19.4 Å². The van der Waals surface area contributed by atoms with Crippen LogP contribution in [0.5, 0.6) is 0 Å². The highest BCUT2D eigenvalue weighted by molar-refractivity contribution is 5.94. The molecule has 4 saturated heterocycles. The van der Waals surface area contributed by atoms with Crippen molar-refractivity contribution in [3.8, 4) is 0 Å². The Hall–Kier alpha value is -2.15. The fourth-order valence-electron chi connectivity index (χ4n) is 5.91. The molecule has 31 heavy (non-hydrogen) atoms. The van der Waals surface area contributed by atoms with E-state index in [1.165, 1.54) is 6.07 Å². The third kappa shape index (κ3) is 3.81. The number of nitrogens with zero attached hydrogens (tertiary/aromatic N) is 3. The molecule has 0 N–H and O–H groups in total. The van der Waals surface area contributed by atoms with Gasteiger partial charge in [-0.1, -0.05) is 0 Å². The first kappa shape index (κ1) is 20.7. The second kappa shape index (κ2) is 8.41. The molecule has 1 aromatic carbocycles. The smallest absolute Gasteiger partial charge is 0.230 e. The van der Waals surface area contributed by atoms with Crippen molar-refractivity contribution < 1.29 is 18.7 Å². The molecule has 1 atom stereocenters. The van der Waals surface area contributed by atoms with Crippen molar-refractivity contribution in [1.82, 2.24) is 4.90 Å². The molecule has 1 spiro atoms. The van der Waals surface area contributed by atoms with Crippen LogP contribution in [0.4, 0.5) is 15.8 Å². The van der Waals surface area contributed by atoms with Crippen molar-refractivity contribution in [1.29, 1.82) is 0 Å². The predicted octanol–water partition coefficient (Wildman–Crippen LogP) is 3.34. The van der Waals surface area contributed by atoms with Gasteiger partial charge in [0, 0.05) is 57.5 Å². The quantitative estimate of drug-likeness (QED) is 0.740. The maximum Gasteiger partial charge on any atom is 0.230 e. The van der Waals surface area contributed by atoms with Crippen LogP contribution in [-0.4, -0.2) is 62.1 Å². The molecule has 2 amide bonds. The van der Waals surface area contributed by atoms with Crippen molar-refractivity contribution in [2.75, 3.05) is 49.2 Å². The lowest BCUT2D eigenvalue weighted by Gasteiger charge is -2.41. The van der Waals surface area contributed by atoms with Crippen molar-refractivity contribution >= 4 is 23.2 Å². The molecule has 0 aliphatic carbocycles. The van der Waals surface area contributed by atoms with E-state index in [-0.39, 0.29) is 23.7 Å². The first-order valence-corrected chi connectivity index (χ1v) is 11.8. The number of piperidine rings is 2. The zero-order chi connectivity index (χ0) is 21.4. The second-order valence-corrected chi connectivity index (χ2v) is 9.54. The van der Waals surface area contributed by atoms with Gasteiger partial charge in [-0.05, 0) is 63.1 Å². The highest BCUT2D eigenvalue weighted by atomic mass is 19.1. The Morgan fingerprint density at radius 2 is 1.84 bits per heavy atom. The van der Waals surface area contributed by atoms with Crippen LogP contribution in [-0.2, 0) is 14.3 Å². The molecule has 1 aromatic rings. The summed E-state index contributed by atoms with van der Waals surface area (Å²) in [5.74, 6) is 0.0137. The van der Waals surface area contributed by atoms with Gasteiger partial charge in [-0.15, -0.1) is 0 Å². The second-order valence-electron chi connectivity index (χ2n) is 9.54. The topological polar surface area (TPSA) is 53.1 Å². The van der Waals surface area contributed by atoms with E-state index in [1.807, 2.05) is 11.0 Å². The average Bonchev–Trinajstić information content (AvgIpc) is 3.10. The molecule has 4 heterocycles. The molecule has 7 heteroatoms. The third-order valence-corrected chi connectivity index (χ3v) is 7.66. The minimum Gasteiger partial charge on any atom is -0.381 e. The molecule has 0 saturated carbocycles. The molecule has 0 unspecified atom stereocenters. The number of ether oxygens (including phenoxy) is 1. The van der Waals surface area contributed by atoms with Crippen LogP contribution in [0, 0.1) is 11.2 Å². The maximum atomic E-state index is 15.2. The van der Waals surface area contributed by atoms with Crippen LogP contribution in [0.15, 0.2) is 18.2 Å². The van der Waals surface area contributed by atoms with Crippen LogP contribution in [0.25, 0.3) is 0 Å². The van der Waals surface area contributed by atoms with Crippen LogP contribution in [0.1, 0.15) is 51.4 Å². The molecule has 0 bridgehead atoms. The summed E-state index contributed by atoms with van der Waals surface area (Å²) in [6.45, 7) is 4.24. The number of hydrogen-bond donors (Lipinski definition) is 0. The summed E-state index contributed by atoms with van der Waals surface area (Å²) in [5, 5.41) is 0. The van der Waals surface area contributed by atoms with Gasteiger partial charge >= 0.3 is 0 Å². The van der Waals surface area contributed by atoms with Crippen LogP contribution >= 0.6 is 0 Å². The first-order valence-electron chi connectivity index (χ1n) is 11.8. The number of likely N-dealkylation sites (tertiary alicyclic amines) is 1. The van der Waals surface area contributed by atoms with Crippen molar-refractivity contribution in [3.05, 3.63) is 24.0 Å². The lowest BCUT2D eigenvalue weighted by molar-refractivity contribution is -0.139. The minimum absolute atomic E-state index is 0.0695. The zero-order valence-corrected chi connectivity index (χ0v) is 18.2. The SMILES string of the molecule is O=C1CCCCN1c1ccc(N2CCC[C@@]3(CCN(C4CCOCC4)C3=O)C2)c(F)c1. The predicted molar refractivity (Wildman–Crippen MR) is 117 cm³/mol. The van der Waals surface area contributed by atoms with E-state index in [2.05, 4.69) is 4.90 Å². The number of hydrogen-bond acceptors (Lipinski definition) is 4. The molecule has 0 radical (unpaired) electrons. The van der Waals surface area contributed by atoms with E-state index in [9.17, 15) is 9.59 Å². The van der Waals surface area contributed by atoms with E-state index >= 15 is 4.39 Å². The summed E-state index contributed by atoms with van der Waals surface area (Å²) < 4.78 is 20.6. The van der Waals surface area contributed by atoms with Crippen LogP contribution < -0.4 is 9.80 Å². The number of benzene rings is 1. The third-order valence-electron chi connectivity index (χ3n) is 7.66. The summed E-state index contributed by atoms with van der Waals surface area (Å²) in [4.78, 5) is 31.5. The van der Waals surface area contributed by atoms with Crippen LogP contribution in [0.3, 0.4) is 0 Å². The number of carbonyl (C=O) groups is 2. The Morgan fingerprint density at radius 3 is 2.61 bits per heavy atom.